The summed E-state index contributed by atoms with van der Waals surface area (Å²) in [6, 6.07) is 9.79. The number of aromatic nitrogens is 2. The monoisotopic (exact) mass is 249 g/mol. The predicted octanol–water partition coefficient (Wildman–Crippen LogP) is 2.44. The maximum absolute atomic E-state index is 5.56. The fourth-order valence-electron chi connectivity index (χ4n) is 1.35. The maximum Gasteiger partial charge on any atom is 0.276 e. The molecule has 0 atom stereocenters. The average Bonchev–Trinajstić information content (AvgIpc) is 2.85. The molecule has 0 aliphatic rings. The molecule has 0 fully saturated rings. The Bertz CT molecular complexity index is 444. The van der Waals surface area contributed by atoms with E-state index in [9.17, 15) is 0 Å². The minimum absolute atomic E-state index is 0.580. The number of hydrogen-bond acceptors (Lipinski definition) is 5. The predicted molar refractivity (Wildman–Crippen MR) is 69.0 cm³/mol. The molecular formula is C12H15N3OS. The fraction of sp³-hybridized carbons (Fsp3) is 0.333. The number of rotatable bonds is 6. The number of nitrogens with one attached hydrogen (secondary N) is 1. The van der Waals surface area contributed by atoms with Crippen LogP contribution in [0.5, 0.6) is 0 Å². The highest BCUT2D eigenvalue weighted by Gasteiger charge is 2.07. The lowest BCUT2D eigenvalue weighted by Crippen LogP contribution is -2.15. The summed E-state index contributed by atoms with van der Waals surface area (Å²) in [6.07, 6.45) is 0. The van der Waals surface area contributed by atoms with Gasteiger partial charge in [0, 0.05) is 17.9 Å². The van der Waals surface area contributed by atoms with Gasteiger partial charge in [-0.2, -0.15) is 0 Å². The highest BCUT2D eigenvalue weighted by molar-refractivity contribution is 7.99. The van der Waals surface area contributed by atoms with Gasteiger partial charge in [-0.25, -0.2) is 0 Å². The molecule has 0 amide bonds. The first kappa shape index (κ1) is 12.1. The van der Waals surface area contributed by atoms with E-state index in [1.807, 2.05) is 30.3 Å². The molecule has 0 unspecified atom stereocenters. The maximum atomic E-state index is 5.56. The first-order valence-electron chi connectivity index (χ1n) is 5.62. The van der Waals surface area contributed by atoms with Gasteiger partial charge < -0.3 is 9.73 Å². The van der Waals surface area contributed by atoms with Crippen molar-refractivity contribution in [3.8, 4) is 11.5 Å². The Morgan fingerprint density at radius 1 is 1.24 bits per heavy atom. The second kappa shape index (κ2) is 6.42. The molecule has 1 aromatic carbocycles. The van der Waals surface area contributed by atoms with Gasteiger partial charge in [-0.1, -0.05) is 36.9 Å². The normalized spacial score (nSPS) is 10.6. The molecule has 2 rings (SSSR count). The van der Waals surface area contributed by atoms with Gasteiger partial charge in [0.05, 0.1) is 0 Å². The average molecular weight is 249 g/mol. The molecule has 17 heavy (non-hydrogen) atoms. The number of hydrogen-bond donors (Lipinski definition) is 1. The van der Waals surface area contributed by atoms with Crippen LogP contribution in [-0.2, 0) is 0 Å². The van der Waals surface area contributed by atoms with Gasteiger partial charge in [-0.05, 0) is 18.7 Å². The Hall–Kier alpha value is -1.33. The van der Waals surface area contributed by atoms with E-state index in [2.05, 4.69) is 22.4 Å². The van der Waals surface area contributed by atoms with Crippen LogP contribution < -0.4 is 5.32 Å². The topological polar surface area (TPSA) is 51.0 Å². The lowest BCUT2D eigenvalue weighted by Gasteiger charge is -1.97. The minimum atomic E-state index is 0.580. The molecule has 0 spiro atoms. The van der Waals surface area contributed by atoms with Gasteiger partial charge in [-0.3, -0.25) is 0 Å². The van der Waals surface area contributed by atoms with Crippen molar-refractivity contribution in [1.29, 1.82) is 0 Å². The summed E-state index contributed by atoms with van der Waals surface area (Å²) in [5, 5.41) is 11.9. The van der Waals surface area contributed by atoms with Crippen molar-refractivity contribution in [3.05, 3.63) is 30.3 Å². The van der Waals surface area contributed by atoms with Crippen LogP contribution in [0.25, 0.3) is 11.5 Å². The lowest BCUT2D eigenvalue weighted by molar-refractivity contribution is 0.466. The van der Waals surface area contributed by atoms with Crippen molar-refractivity contribution >= 4 is 11.8 Å². The molecule has 0 saturated heterocycles. The molecule has 4 nitrogen and oxygen atoms in total. The van der Waals surface area contributed by atoms with Gasteiger partial charge in [0.2, 0.25) is 5.89 Å². The van der Waals surface area contributed by atoms with Gasteiger partial charge in [-0.15, -0.1) is 10.2 Å². The molecule has 1 aromatic heterocycles. The SMILES string of the molecule is CCNCCSc1nnc(-c2ccccc2)o1. The number of benzene rings is 1. The largest absolute Gasteiger partial charge is 0.411 e. The van der Waals surface area contributed by atoms with Crippen LogP contribution in [0, 0.1) is 0 Å². The van der Waals surface area contributed by atoms with E-state index in [1.54, 1.807) is 11.8 Å². The molecule has 0 aliphatic carbocycles. The zero-order valence-electron chi connectivity index (χ0n) is 9.72. The molecule has 0 aliphatic heterocycles. The van der Waals surface area contributed by atoms with Crippen molar-refractivity contribution in [3.63, 3.8) is 0 Å². The third-order valence-electron chi connectivity index (χ3n) is 2.18. The Labute approximate surface area is 105 Å². The van der Waals surface area contributed by atoms with Crippen LogP contribution in [0.15, 0.2) is 40.0 Å². The molecule has 0 saturated carbocycles. The summed E-state index contributed by atoms with van der Waals surface area (Å²) >= 11 is 1.57. The Morgan fingerprint density at radius 3 is 2.82 bits per heavy atom. The van der Waals surface area contributed by atoms with E-state index in [0.29, 0.717) is 11.1 Å². The fourth-order valence-corrected chi connectivity index (χ4v) is 2.01. The quantitative estimate of drug-likeness (QED) is 0.629. The molecular weight excluding hydrogens is 234 g/mol. The summed E-state index contributed by atoms with van der Waals surface area (Å²) in [6.45, 7) is 4.02. The van der Waals surface area contributed by atoms with E-state index in [1.165, 1.54) is 0 Å². The summed E-state index contributed by atoms with van der Waals surface area (Å²) < 4.78 is 5.56. The standard InChI is InChI=1S/C12H15N3OS/c1-2-13-8-9-17-12-15-14-11(16-12)10-6-4-3-5-7-10/h3-7,13H,2,8-9H2,1H3. The smallest absolute Gasteiger partial charge is 0.276 e. The van der Waals surface area contributed by atoms with Gasteiger partial charge in [0.1, 0.15) is 0 Å². The number of thioether (sulfide) groups is 1. The molecule has 1 heterocycles. The van der Waals surface area contributed by atoms with Gasteiger partial charge in [0.25, 0.3) is 5.22 Å². The Morgan fingerprint density at radius 2 is 2.06 bits per heavy atom. The van der Waals surface area contributed by atoms with E-state index >= 15 is 0 Å². The van der Waals surface area contributed by atoms with Crippen LogP contribution >= 0.6 is 11.8 Å². The summed E-state index contributed by atoms with van der Waals surface area (Å²) in [5.74, 6) is 1.51. The molecule has 1 N–H and O–H groups in total. The molecule has 2 aromatic rings. The summed E-state index contributed by atoms with van der Waals surface area (Å²) in [4.78, 5) is 0. The van der Waals surface area contributed by atoms with Crippen LogP contribution in [0.2, 0.25) is 0 Å². The van der Waals surface area contributed by atoms with Crippen molar-refractivity contribution < 1.29 is 4.42 Å². The van der Waals surface area contributed by atoms with Gasteiger partial charge >= 0.3 is 0 Å². The zero-order chi connectivity index (χ0) is 11.9. The van der Waals surface area contributed by atoms with E-state index in [0.717, 1.165) is 24.4 Å². The highest BCUT2D eigenvalue weighted by Crippen LogP contribution is 2.22. The van der Waals surface area contributed by atoms with Gasteiger partial charge in [0.15, 0.2) is 0 Å². The molecule has 90 valence electrons. The second-order valence-corrected chi connectivity index (χ2v) is 4.49. The molecule has 0 radical (unpaired) electrons. The Kier molecular flexibility index (Phi) is 4.58. The highest BCUT2D eigenvalue weighted by atomic mass is 32.2. The lowest BCUT2D eigenvalue weighted by atomic mass is 10.2. The van der Waals surface area contributed by atoms with Crippen LogP contribution in [0.3, 0.4) is 0 Å². The van der Waals surface area contributed by atoms with Crippen molar-refractivity contribution in [1.82, 2.24) is 15.5 Å². The summed E-state index contributed by atoms with van der Waals surface area (Å²) in [5.41, 5.74) is 0.957. The molecule has 5 heteroatoms. The van der Waals surface area contributed by atoms with Crippen LogP contribution in [0.4, 0.5) is 0 Å². The van der Waals surface area contributed by atoms with Crippen molar-refractivity contribution in [2.24, 2.45) is 0 Å². The first-order chi connectivity index (χ1) is 8.40. The zero-order valence-corrected chi connectivity index (χ0v) is 10.5. The van der Waals surface area contributed by atoms with Crippen LogP contribution in [-0.4, -0.2) is 29.0 Å². The molecule has 0 bridgehead atoms. The van der Waals surface area contributed by atoms with Crippen molar-refractivity contribution in [2.75, 3.05) is 18.8 Å². The minimum Gasteiger partial charge on any atom is -0.411 e. The van der Waals surface area contributed by atoms with Crippen LogP contribution in [0.1, 0.15) is 6.92 Å². The Balaban J connectivity index is 1.92. The first-order valence-corrected chi connectivity index (χ1v) is 6.61. The van der Waals surface area contributed by atoms with E-state index in [4.69, 9.17) is 4.42 Å². The number of nitrogens with zero attached hydrogens (tertiary/aromatic N) is 2. The summed E-state index contributed by atoms with van der Waals surface area (Å²) in [7, 11) is 0. The van der Waals surface area contributed by atoms with Crippen molar-refractivity contribution in [2.45, 2.75) is 12.1 Å². The third-order valence-corrected chi connectivity index (χ3v) is 3.00. The third kappa shape index (κ3) is 3.57. The second-order valence-electron chi connectivity index (χ2n) is 3.44. The van der Waals surface area contributed by atoms with E-state index in [-0.39, 0.29) is 0 Å². The van der Waals surface area contributed by atoms with E-state index < -0.39 is 0 Å².